The van der Waals surface area contributed by atoms with E-state index in [9.17, 15) is 9.59 Å². The number of nitrogens with zero attached hydrogens (tertiary/aromatic N) is 4. The molecule has 3 aromatic rings. The number of hydrogen-bond donors (Lipinski definition) is 2. The highest BCUT2D eigenvalue weighted by atomic mass is 32.1. The van der Waals surface area contributed by atoms with Gasteiger partial charge >= 0.3 is 0 Å². The van der Waals surface area contributed by atoms with Gasteiger partial charge in [0.15, 0.2) is 5.13 Å². The summed E-state index contributed by atoms with van der Waals surface area (Å²) in [5.41, 5.74) is 8.30. The van der Waals surface area contributed by atoms with Gasteiger partial charge in [-0.05, 0) is 63.1 Å². The predicted molar refractivity (Wildman–Crippen MR) is 141 cm³/mol. The number of carbonyl (C=O) groups is 2. The van der Waals surface area contributed by atoms with Crippen LogP contribution in [0.2, 0.25) is 0 Å². The van der Waals surface area contributed by atoms with Gasteiger partial charge in [-0.25, -0.2) is 9.97 Å². The third-order valence-corrected chi connectivity index (χ3v) is 7.21. The van der Waals surface area contributed by atoms with Crippen LogP contribution in [0.5, 0.6) is 0 Å². The average molecular weight is 507 g/mol. The van der Waals surface area contributed by atoms with Crippen molar-refractivity contribution in [3.8, 4) is 11.4 Å². The highest BCUT2D eigenvalue weighted by Gasteiger charge is 2.35. The van der Waals surface area contributed by atoms with Gasteiger partial charge in [0.05, 0.1) is 17.9 Å². The zero-order valence-electron chi connectivity index (χ0n) is 20.4. The molecule has 188 valence electrons. The third-order valence-electron chi connectivity index (χ3n) is 6.45. The number of ether oxygens (including phenoxy) is 1. The average Bonchev–Trinajstić information content (AvgIpc) is 3.54. The molecule has 10 heteroatoms. The zero-order valence-corrected chi connectivity index (χ0v) is 21.2. The SMILES string of the molecule is C[C@@H]1CN(c2cccc(-c3csc(NC(=O)C4CCCN4C(=O)c4ccc(N)cc4)n3)n2)C[C@H](C)O1. The van der Waals surface area contributed by atoms with Crippen molar-refractivity contribution < 1.29 is 14.3 Å². The first-order chi connectivity index (χ1) is 17.4. The van der Waals surface area contributed by atoms with Crippen molar-refractivity contribution in [1.82, 2.24) is 14.9 Å². The first kappa shape index (κ1) is 24.2. The summed E-state index contributed by atoms with van der Waals surface area (Å²) in [6, 6.07) is 12.1. The third kappa shape index (κ3) is 5.19. The van der Waals surface area contributed by atoms with E-state index in [4.69, 9.17) is 15.5 Å². The maximum Gasteiger partial charge on any atom is 0.254 e. The molecule has 0 saturated carbocycles. The normalized spacial score (nSPS) is 22.0. The Hall–Kier alpha value is -3.50. The van der Waals surface area contributed by atoms with Crippen molar-refractivity contribution in [1.29, 1.82) is 0 Å². The van der Waals surface area contributed by atoms with E-state index in [0.717, 1.165) is 31.0 Å². The molecule has 4 heterocycles. The fourth-order valence-electron chi connectivity index (χ4n) is 4.82. The number of hydrogen-bond acceptors (Lipinski definition) is 8. The maximum atomic E-state index is 13.1. The summed E-state index contributed by atoms with van der Waals surface area (Å²) in [7, 11) is 0. The van der Waals surface area contributed by atoms with Gasteiger partial charge in [-0.2, -0.15) is 0 Å². The molecule has 36 heavy (non-hydrogen) atoms. The van der Waals surface area contributed by atoms with E-state index in [0.29, 0.717) is 35.0 Å². The van der Waals surface area contributed by atoms with E-state index in [2.05, 4.69) is 29.0 Å². The van der Waals surface area contributed by atoms with Crippen molar-refractivity contribution in [3.63, 3.8) is 0 Å². The van der Waals surface area contributed by atoms with E-state index in [1.807, 2.05) is 23.6 Å². The zero-order chi connectivity index (χ0) is 25.2. The van der Waals surface area contributed by atoms with Crippen LogP contribution in [0.1, 0.15) is 37.0 Å². The first-order valence-electron chi connectivity index (χ1n) is 12.2. The highest BCUT2D eigenvalue weighted by molar-refractivity contribution is 7.14. The molecule has 2 saturated heterocycles. The number of likely N-dealkylation sites (tertiary alicyclic amines) is 1. The number of anilines is 3. The second-order valence-electron chi connectivity index (χ2n) is 9.35. The van der Waals surface area contributed by atoms with Crippen molar-refractivity contribution in [2.45, 2.75) is 44.9 Å². The van der Waals surface area contributed by atoms with E-state index >= 15 is 0 Å². The van der Waals surface area contributed by atoms with Gasteiger partial charge in [-0.1, -0.05) is 6.07 Å². The van der Waals surface area contributed by atoms with Crippen molar-refractivity contribution in [2.75, 3.05) is 35.6 Å². The lowest BCUT2D eigenvalue weighted by atomic mass is 10.1. The number of amides is 2. The molecule has 1 unspecified atom stereocenters. The molecule has 3 atom stereocenters. The quantitative estimate of drug-likeness (QED) is 0.508. The van der Waals surface area contributed by atoms with Gasteiger partial charge in [0, 0.05) is 36.3 Å². The molecule has 5 rings (SSSR count). The van der Waals surface area contributed by atoms with Gasteiger partial charge < -0.3 is 25.6 Å². The predicted octanol–water partition coefficient (Wildman–Crippen LogP) is 3.64. The summed E-state index contributed by atoms with van der Waals surface area (Å²) in [6.07, 6.45) is 1.67. The van der Waals surface area contributed by atoms with Crippen LogP contribution in [-0.2, 0) is 9.53 Å². The monoisotopic (exact) mass is 506 g/mol. The molecule has 0 radical (unpaired) electrons. The molecule has 3 N–H and O–H groups in total. The number of rotatable bonds is 5. The van der Waals surface area contributed by atoms with Crippen LogP contribution in [0.25, 0.3) is 11.4 Å². The molecule has 2 aliphatic heterocycles. The van der Waals surface area contributed by atoms with E-state index in [1.54, 1.807) is 29.2 Å². The smallest absolute Gasteiger partial charge is 0.254 e. The minimum atomic E-state index is -0.533. The number of nitrogen functional groups attached to an aromatic ring is 1. The van der Waals surface area contributed by atoms with Gasteiger partial charge in [0.1, 0.15) is 17.6 Å². The number of pyridine rings is 1. The molecule has 0 bridgehead atoms. The van der Waals surface area contributed by atoms with E-state index < -0.39 is 6.04 Å². The molecule has 2 fully saturated rings. The van der Waals surface area contributed by atoms with Crippen LogP contribution in [-0.4, -0.2) is 64.6 Å². The van der Waals surface area contributed by atoms with Crippen molar-refractivity contribution in [3.05, 3.63) is 53.4 Å². The molecule has 2 aliphatic rings. The Morgan fingerprint density at radius 3 is 2.56 bits per heavy atom. The number of benzene rings is 1. The van der Waals surface area contributed by atoms with Crippen molar-refractivity contribution >= 4 is 39.8 Å². The van der Waals surface area contributed by atoms with E-state index in [1.165, 1.54) is 11.3 Å². The topological polar surface area (TPSA) is 114 Å². The van der Waals surface area contributed by atoms with Gasteiger partial charge in [0.2, 0.25) is 5.91 Å². The summed E-state index contributed by atoms with van der Waals surface area (Å²) < 4.78 is 5.84. The number of carbonyl (C=O) groups excluding carboxylic acids is 2. The number of nitrogens with two attached hydrogens (primary N) is 1. The maximum absolute atomic E-state index is 13.1. The Balaban J connectivity index is 1.27. The summed E-state index contributed by atoms with van der Waals surface area (Å²) in [6.45, 7) is 6.24. The Bertz CT molecular complexity index is 1240. The number of aromatic nitrogens is 2. The largest absolute Gasteiger partial charge is 0.399 e. The molecule has 0 aliphatic carbocycles. The van der Waals surface area contributed by atoms with Crippen molar-refractivity contribution in [2.24, 2.45) is 0 Å². The summed E-state index contributed by atoms with van der Waals surface area (Å²) in [5, 5.41) is 5.28. The number of nitrogens with one attached hydrogen (secondary N) is 1. The van der Waals surface area contributed by atoms with Crippen LogP contribution >= 0.6 is 11.3 Å². The van der Waals surface area contributed by atoms with Crippen LogP contribution in [0.4, 0.5) is 16.6 Å². The fourth-order valence-corrected chi connectivity index (χ4v) is 5.53. The summed E-state index contributed by atoms with van der Waals surface area (Å²) in [5.74, 6) is 0.492. The molecule has 1 aromatic carbocycles. The fraction of sp³-hybridized carbons (Fsp3) is 0.385. The number of morpholine rings is 1. The lowest BCUT2D eigenvalue weighted by Gasteiger charge is -2.36. The van der Waals surface area contributed by atoms with E-state index in [-0.39, 0.29) is 24.0 Å². The number of thiazole rings is 1. The molecule has 0 spiro atoms. The van der Waals surface area contributed by atoms with Gasteiger partial charge in [-0.3, -0.25) is 9.59 Å². The standard InChI is InChI=1S/C26H30N6O3S/c1-16-13-31(14-17(2)35-16)23-7-3-5-20(28-23)21-15-36-26(29-21)30-24(33)22-6-4-12-32(22)25(34)18-8-10-19(27)11-9-18/h3,5,7-11,15-17,22H,4,6,12-14,27H2,1-2H3,(H,29,30,33)/t16-,17+,22?. The lowest BCUT2D eigenvalue weighted by Crippen LogP contribution is -2.45. The summed E-state index contributed by atoms with van der Waals surface area (Å²) in [4.78, 5) is 39.4. The molecular weight excluding hydrogens is 476 g/mol. The second-order valence-corrected chi connectivity index (χ2v) is 10.2. The molecular formula is C26H30N6O3S. The van der Waals surface area contributed by atoms with Crippen LogP contribution in [0.15, 0.2) is 47.8 Å². The minimum absolute atomic E-state index is 0.141. The summed E-state index contributed by atoms with van der Waals surface area (Å²) >= 11 is 1.35. The van der Waals surface area contributed by atoms with Gasteiger partial charge in [0.25, 0.3) is 5.91 Å². The lowest BCUT2D eigenvalue weighted by molar-refractivity contribution is -0.119. The van der Waals surface area contributed by atoms with Crippen LogP contribution in [0.3, 0.4) is 0 Å². The Morgan fingerprint density at radius 2 is 1.81 bits per heavy atom. The molecule has 9 nitrogen and oxygen atoms in total. The van der Waals surface area contributed by atoms with Crippen LogP contribution in [0, 0.1) is 0 Å². The first-order valence-corrected chi connectivity index (χ1v) is 13.1. The molecule has 2 amide bonds. The van der Waals surface area contributed by atoms with Crippen LogP contribution < -0.4 is 16.0 Å². The second kappa shape index (κ2) is 10.2. The Kier molecular flexibility index (Phi) is 6.88. The highest BCUT2D eigenvalue weighted by Crippen LogP contribution is 2.28. The minimum Gasteiger partial charge on any atom is -0.399 e. The van der Waals surface area contributed by atoms with Gasteiger partial charge in [-0.15, -0.1) is 11.3 Å². The Morgan fingerprint density at radius 1 is 1.06 bits per heavy atom. The molecule has 2 aromatic heterocycles. The Labute approximate surface area is 214 Å².